The summed E-state index contributed by atoms with van der Waals surface area (Å²) in [5.74, 6) is 0.976. The summed E-state index contributed by atoms with van der Waals surface area (Å²) in [5, 5.41) is 3.24. The minimum atomic E-state index is -0.277. The van der Waals surface area contributed by atoms with Gasteiger partial charge in [-0.15, -0.1) is 0 Å². The van der Waals surface area contributed by atoms with Gasteiger partial charge in [0.1, 0.15) is 5.82 Å². The second-order valence-electron chi connectivity index (χ2n) is 6.27. The van der Waals surface area contributed by atoms with Gasteiger partial charge in [-0.2, -0.15) is 0 Å². The van der Waals surface area contributed by atoms with Crippen molar-refractivity contribution >= 4 is 5.69 Å². The molecular formula is C21H24FN3O2. The summed E-state index contributed by atoms with van der Waals surface area (Å²) in [6, 6.07) is 10.6. The summed E-state index contributed by atoms with van der Waals surface area (Å²) in [6.07, 6.45) is 4.67. The Morgan fingerprint density at radius 2 is 1.93 bits per heavy atom. The van der Waals surface area contributed by atoms with Crippen molar-refractivity contribution in [2.24, 2.45) is 0 Å². The number of para-hydroxylation sites is 1. The molecule has 3 aromatic rings. The maximum Gasteiger partial charge on any atom is 0.161 e. The summed E-state index contributed by atoms with van der Waals surface area (Å²) in [6.45, 7) is 3.44. The fraction of sp³-hybridized carbons (Fsp3) is 0.286. The molecule has 142 valence electrons. The van der Waals surface area contributed by atoms with Crippen molar-refractivity contribution < 1.29 is 13.9 Å². The highest BCUT2D eigenvalue weighted by atomic mass is 19.1. The van der Waals surface area contributed by atoms with Crippen LogP contribution in [0.2, 0.25) is 0 Å². The van der Waals surface area contributed by atoms with Crippen LogP contribution in [0.3, 0.4) is 0 Å². The Balaban J connectivity index is 1.76. The second kappa shape index (κ2) is 8.58. The number of methoxy groups -OCH3 is 2. The highest BCUT2D eigenvalue weighted by Crippen LogP contribution is 2.36. The van der Waals surface area contributed by atoms with Crippen LogP contribution in [0.1, 0.15) is 12.1 Å². The number of imidazole rings is 1. The Bertz CT molecular complexity index is 908. The Kier molecular flexibility index (Phi) is 5.96. The maximum absolute atomic E-state index is 14.5. The molecule has 0 aliphatic carbocycles. The molecule has 0 bridgehead atoms. The molecule has 2 aromatic carbocycles. The van der Waals surface area contributed by atoms with Gasteiger partial charge < -0.3 is 19.4 Å². The van der Waals surface area contributed by atoms with Gasteiger partial charge in [0.25, 0.3) is 0 Å². The minimum absolute atomic E-state index is 0.277. The zero-order valence-corrected chi connectivity index (χ0v) is 15.8. The molecule has 27 heavy (non-hydrogen) atoms. The van der Waals surface area contributed by atoms with Crippen LogP contribution in [-0.2, 0) is 6.54 Å². The fourth-order valence-electron chi connectivity index (χ4n) is 3.02. The van der Waals surface area contributed by atoms with Gasteiger partial charge in [-0.25, -0.2) is 9.37 Å². The van der Waals surface area contributed by atoms with Gasteiger partial charge in [-0.3, -0.25) is 0 Å². The van der Waals surface area contributed by atoms with E-state index < -0.39 is 0 Å². The molecule has 1 heterocycles. The monoisotopic (exact) mass is 369 g/mol. The van der Waals surface area contributed by atoms with Gasteiger partial charge in [0, 0.05) is 24.8 Å². The van der Waals surface area contributed by atoms with E-state index in [1.54, 1.807) is 20.3 Å². The number of halogens is 1. The average Bonchev–Trinajstić information content (AvgIpc) is 3.10. The zero-order chi connectivity index (χ0) is 19.2. The largest absolute Gasteiger partial charge is 0.493 e. The van der Waals surface area contributed by atoms with E-state index >= 15 is 0 Å². The quantitative estimate of drug-likeness (QED) is 0.593. The van der Waals surface area contributed by atoms with Crippen molar-refractivity contribution in [1.29, 1.82) is 0 Å². The van der Waals surface area contributed by atoms with E-state index in [4.69, 9.17) is 9.47 Å². The number of hydrogen-bond acceptors (Lipinski definition) is 4. The predicted molar refractivity (Wildman–Crippen MR) is 105 cm³/mol. The predicted octanol–water partition coefficient (Wildman–Crippen LogP) is 4.52. The lowest BCUT2D eigenvalue weighted by molar-refractivity contribution is 0.355. The van der Waals surface area contributed by atoms with E-state index in [-0.39, 0.29) is 5.82 Å². The lowest BCUT2D eigenvalue weighted by Crippen LogP contribution is -2.08. The van der Waals surface area contributed by atoms with Gasteiger partial charge in [0.2, 0.25) is 0 Å². The molecule has 0 amide bonds. The molecule has 0 aliphatic heterocycles. The average molecular weight is 369 g/mol. The van der Waals surface area contributed by atoms with Crippen molar-refractivity contribution in [3.05, 3.63) is 60.4 Å². The van der Waals surface area contributed by atoms with Gasteiger partial charge in [0.05, 0.1) is 31.9 Å². The number of anilines is 1. The number of aryl methyl sites for hydroxylation is 2. The zero-order valence-electron chi connectivity index (χ0n) is 15.8. The van der Waals surface area contributed by atoms with E-state index in [1.807, 2.05) is 48.3 Å². The number of aromatic nitrogens is 2. The van der Waals surface area contributed by atoms with Crippen LogP contribution in [0.25, 0.3) is 11.1 Å². The first-order chi connectivity index (χ1) is 13.1. The SMILES string of the molecule is COc1ccc(-c2cccc(F)c2NCCCn2cnc(C)c2)cc1OC. The number of nitrogens with zero attached hydrogens (tertiary/aromatic N) is 2. The summed E-state index contributed by atoms with van der Waals surface area (Å²) in [5.41, 5.74) is 3.13. The highest BCUT2D eigenvalue weighted by molar-refractivity contribution is 5.79. The Morgan fingerprint density at radius 3 is 2.63 bits per heavy atom. The third-order valence-electron chi connectivity index (χ3n) is 4.37. The molecule has 5 nitrogen and oxygen atoms in total. The van der Waals surface area contributed by atoms with Crippen LogP contribution in [-0.4, -0.2) is 30.3 Å². The van der Waals surface area contributed by atoms with Crippen LogP contribution in [0, 0.1) is 12.7 Å². The summed E-state index contributed by atoms with van der Waals surface area (Å²) in [4.78, 5) is 4.21. The Morgan fingerprint density at radius 1 is 1.11 bits per heavy atom. The molecule has 0 saturated heterocycles. The van der Waals surface area contributed by atoms with Gasteiger partial charge >= 0.3 is 0 Å². The first kappa shape index (κ1) is 18.8. The molecule has 0 radical (unpaired) electrons. The topological polar surface area (TPSA) is 48.3 Å². The van der Waals surface area contributed by atoms with Crippen molar-refractivity contribution in [2.45, 2.75) is 19.9 Å². The molecule has 0 atom stereocenters. The minimum Gasteiger partial charge on any atom is -0.493 e. The first-order valence-corrected chi connectivity index (χ1v) is 8.85. The molecule has 0 saturated carbocycles. The van der Waals surface area contributed by atoms with Crippen LogP contribution in [0.15, 0.2) is 48.9 Å². The van der Waals surface area contributed by atoms with Crippen molar-refractivity contribution in [3.8, 4) is 22.6 Å². The number of rotatable bonds is 8. The van der Waals surface area contributed by atoms with Gasteiger partial charge in [-0.05, 0) is 37.1 Å². The fourth-order valence-corrected chi connectivity index (χ4v) is 3.02. The molecule has 6 heteroatoms. The molecule has 0 aliphatic rings. The Hall–Kier alpha value is -3.02. The second-order valence-corrected chi connectivity index (χ2v) is 6.27. The van der Waals surface area contributed by atoms with Crippen molar-refractivity contribution in [3.63, 3.8) is 0 Å². The van der Waals surface area contributed by atoms with Crippen LogP contribution < -0.4 is 14.8 Å². The molecule has 0 spiro atoms. The normalized spacial score (nSPS) is 10.7. The number of ether oxygens (including phenoxy) is 2. The molecule has 1 aromatic heterocycles. The molecular weight excluding hydrogens is 345 g/mol. The lowest BCUT2D eigenvalue weighted by Gasteiger charge is -2.15. The number of hydrogen-bond donors (Lipinski definition) is 1. The van der Waals surface area contributed by atoms with E-state index in [2.05, 4.69) is 10.3 Å². The Labute approximate surface area is 158 Å². The summed E-state index contributed by atoms with van der Waals surface area (Å²) in [7, 11) is 3.18. The standard InChI is InChI=1S/C21H24FN3O2/c1-15-13-25(14-24-15)11-5-10-23-21-17(6-4-7-18(21)22)16-8-9-19(26-2)20(12-16)27-3/h4,6-9,12-14,23H,5,10-11H2,1-3H3. The molecule has 0 unspecified atom stereocenters. The third-order valence-corrected chi connectivity index (χ3v) is 4.37. The number of nitrogens with one attached hydrogen (secondary N) is 1. The molecule has 3 rings (SSSR count). The lowest BCUT2D eigenvalue weighted by atomic mass is 10.0. The van der Waals surface area contributed by atoms with E-state index in [1.165, 1.54) is 6.07 Å². The van der Waals surface area contributed by atoms with E-state index in [0.29, 0.717) is 23.7 Å². The smallest absolute Gasteiger partial charge is 0.161 e. The van der Waals surface area contributed by atoms with Crippen LogP contribution in [0.5, 0.6) is 11.5 Å². The molecule has 0 fully saturated rings. The molecule has 1 N–H and O–H groups in total. The van der Waals surface area contributed by atoms with Gasteiger partial charge in [0.15, 0.2) is 11.5 Å². The highest BCUT2D eigenvalue weighted by Gasteiger charge is 2.12. The first-order valence-electron chi connectivity index (χ1n) is 8.85. The maximum atomic E-state index is 14.5. The van der Waals surface area contributed by atoms with Crippen LogP contribution in [0.4, 0.5) is 10.1 Å². The number of benzene rings is 2. The van der Waals surface area contributed by atoms with Gasteiger partial charge in [-0.1, -0.05) is 18.2 Å². The van der Waals surface area contributed by atoms with E-state index in [0.717, 1.165) is 29.8 Å². The third kappa shape index (κ3) is 4.39. The van der Waals surface area contributed by atoms with E-state index in [9.17, 15) is 4.39 Å². The van der Waals surface area contributed by atoms with Crippen LogP contribution >= 0.6 is 0 Å². The van der Waals surface area contributed by atoms with Crippen molar-refractivity contribution in [2.75, 3.05) is 26.1 Å². The van der Waals surface area contributed by atoms with Crippen molar-refractivity contribution in [1.82, 2.24) is 9.55 Å². The summed E-state index contributed by atoms with van der Waals surface area (Å²) < 4.78 is 27.2. The summed E-state index contributed by atoms with van der Waals surface area (Å²) >= 11 is 0.